The third-order valence-electron chi connectivity index (χ3n) is 5.40. The minimum absolute atomic E-state index is 0.925. The van der Waals surface area contributed by atoms with E-state index < -0.39 is 0 Å². The van der Waals surface area contributed by atoms with Crippen LogP contribution in [0, 0.1) is 11.8 Å². The molecule has 0 unspecified atom stereocenters. The Hall–Kier alpha value is -0.0800. The molecule has 3 aliphatic rings. The van der Waals surface area contributed by atoms with Crippen molar-refractivity contribution in [3.8, 4) is 0 Å². The minimum Gasteiger partial charge on any atom is -0.303 e. The Labute approximate surface area is 113 Å². The molecule has 0 radical (unpaired) electrons. The van der Waals surface area contributed by atoms with Gasteiger partial charge in [0, 0.05) is 19.1 Å². The summed E-state index contributed by atoms with van der Waals surface area (Å²) in [5.41, 5.74) is 0. The average Bonchev–Trinajstić information content (AvgIpc) is 2.40. The van der Waals surface area contributed by atoms with Crippen LogP contribution < -0.4 is 0 Å². The summed E-state index contributed by atoms with van der Waals surface area (Å²) in [5.74, 6) is 1.89. The number of nitrogens with zero attached hydrogens (tertiary/aromatic N) is 2. The van der Waals surface area contributed by atoms with Gasteiger partial charge in [-0.15, -0.1) is 0 Å². The van der Waals surface area contributed by atoms with Crippen LogP contribution in [0.1, 0.15) is 51.9 Å². The topological polar surface area (TPSA) is 6.48 Å². The lowest BCUT2D eigenvalue weighted by Gasteiger charge is -2.48. The number of fused-ring (bicyclic) bond motifs is 1. The Balaban J connectivity index is 1.60. The van der Waals surface area contributed by atoms with E-state index in [1.807, 2.05) is 0 Å². The number of likely N-dealkylation sites (tertiary alicyclic amines) is 1. The van der Waals surface area contributed by atoms with Crippen molar-refractivity contribution in [2.75, 3.05) is 32.7 Å². The zero-order valence-electron chi connectivity index (χ0n) is 12.1. The molecule has 0 amide bonds. The highest BCUT2D eigenvalue weighted by atomic mass is 15.2. The normalized spacial score (nSPS) is 39.5. The third kappa shape index (κ3) is 2.91. The molecule has 2 heteroatoms. The van der Waals surface area contributed by atoms with Gasteiger partial charge in [-0.05, 0) is 63.6 Å². The summed E-state index contributed by atoms with van der Waals surface area (Å²) in [4.78, 5) is 5.59. The van der Waals surface area contributed by atoms with Crippen molar-refractivity contribution in [3.05, 3.63) is 0 Å². The van der Waals surface area contributed by atoms with E-state index in [0.29, 0.717) is 0 Å². The molecular formula is C16H30N2. The van der Waals surface area contributed by atoms with Crippen LogP contribution in [0.25, 0.3) is 0 Å². The zero-order valence-corrected chi connectivity index (χ0v) is 12.1. The smallest absolute Gasteiger partial charge is 0.0136 e. The monoisotopic (exact) mass is 250 g/mol. The van der Waals surface area contributed by atoms with Gasteiger partial charge in [-0.1, -0.05) is 19.8 Å². The maximum atomic E-state index is 2.83. The molecule has 3 rings (SSSR count). The van der Waals surface area contributed by atoms with Gasteiger partial charge in [0.15, 0.2) is 0 Å². The summed E-state index contributed by atoms with van der Waals surface area (Å²) in [6.07, 6.45) is 10.2. The fraction of sp³-hybridized carbons (Fsp3) is 1.00. The van der Waals surface area contributed by atoms with Crippen LogP contribution in [0.2, 0.25) is 0 Å². The molecule has 3 heterocycles. The Morgan fingerprint density at radius 3 is 2.56 bits per heavy atom. The van der Waals surface area contributed by atoms with Crippen molar-refractivity contribution in [3.63, 3.8) is 0 Å². The number of piperidine rings is 3. The van der Waals surface area contributed by atoms with E-state index in [2.05, 4.69) is 16.7 Å². The molecule has 3 saturated heterocycles. The molecule has 104 valence electrons. The highest BCUT2D eigenvalue weighted by Crippen LogP contribution is 2.34. The van der Waals surface area contributed by atoms with Crippen LogP contribution in [0.4, 0.5) is 0 Å². The molecule has 2 nitrogen and oxygen atoms in total. The number of hydrogen-bond acceptors (Lipinski definition) is 2. The molecule has 0 aromatic carbocycles. The average molecular weight is 250 g/mol. The molecule has 3 aliphatic heterocycles. The molecular weight excluding hydrogens is 220 g/mol. The van der Waals surface area contributed by atoms with Crippen molar-refractivity contribution in [1.29, 1.82) is 0 Å². The minimum atomic E-state index is 0.925. The predicted octanol–water partition coefficient (Wildman–Crippen LogP) is 2.98. The van der Waals surface area contributed by atoms with Gasteiger partial charge in [0.2, 0.25) is 0 Å². The van der Waals surface area contributed by atoms with Crippen molar-refractivity contribution in [2.45, 2.75) is 57.9 Å². The maximum absolute atomic E-state index is 2.83. The first-order valence-electron chi connectivity index (χ1n) is 8.29. The predicted molar refractivity (Wildman–Crippen MR) is 76.8 cm³/mol. The Kier molecular flexibility index (Phi) is 4.25. The van der Waals surface area contributed by atoms with Gasteiger partial charge in [0.25, 0.3) is 0 Å². The summed E-state index contributed by atoms with van der Waals surface area (Å²) in [6.45, 7) is 9.36. The van der Waals surface area contributed by atoms with E-state index in [1.54, 1.807) is 0 Å². The lowest BCUT2D eigenvalue weighted by Crippen LogP contribution is -2.53. The molecule has 0 aromatic rings. The molecule has 18 heavy (non-hydrogen) atoms. The van der Waals surface area contributed by atoms with Gasteiger partial charge in [-0.2, -0.15) is 0 Å². The Morgan fingerprint density at radius 1 is 0.944 bits per heavy atom. The third-order valence-corrected chi connectivity index (χ3v) is 5.40. The first-order valence-corrected chi connectivity index (χ1v) is 8.29. The van der Waals surface area contributed by atoms with Gasteiger partial charge >= 0.3 is 0 Å². The maximum Gasteiger partial charge on any atom is 0.0136 e. The van der Waals surface area contributed by atoms with Crippen LogP contribution in [0.3, 0.4) is 0 Å². The van der Waals surface area contributed by atoms with Crippen LogP contribution in [-0.2, 0) is 0 Å². The molecule has 3 atom stereocenters. The zero-order chi connectivity index (χ0) is 12.4. The van der Waals surface area contributed by atoms with E-state index in [4.69, 9.17) is 0 Å². The van der Waals surface area contributed by atoms with Crippen LogP contribution in [0.5, 0.6) is 0 Å². The molecule has 0 aromatic heterocycles. The summed E-state index contributed by atoms with van der Waals surface area (Å²) >= 11 is 0. The molecule has 0 aliphatic carbocycles. The number of hydrogen-bond donors (Lipinski definition) is 0. The molecule has 0 saturated carbocycles. The van der Waals surface area contributed by atoms with E-state index >= 15 is 0 Å². The van der Waals surface area contributed by atoms with Crippen molar-refractivity contribution >= 4 is 0 Å². The number of rotatable bonds is 2. The van der Waals surface area contributed by atoms with E-state index in [9.17, 15) is 0 Å². The second-order valence-electron chi connectivity index (χ2n) is 7.02. The van der Waals surface area contributed by atoms with Crippen molar-refractivity contribution in [2.24, 2.45) is 11.8 Å². The van der Waals surface area contributed by atoms with Crippen molar-refractivity contribution < 1.29 is 0 Å². The largest absolute Gasteiger partial charge is 0.303 e. The van der Waals surface area contributed by atoms with Gasteiger partial charge in [0.1, 0.15) is 0 Å². The van der Waals surface area contributed by atoms with Gasteiger partial charge in [-0.3, -0.25) is 4.90 Å². The molecule has 3 fully saturated rings. The van der Waals surface area contributed by atoms with Gasteiger partial charge < -0.3 is 4.90 Å². The van der Waals surface area contributed by atoms with E-state index in [-0.39, 0.29) is 0 Å². The quantitative estimate of drug-likeness (QED) is 0.743. The summed E-state index contributed by atoms with van der Waals surface area (Å²) in [7, 11) is 0. The van der Waals surface area contributed by atoms with Crippen LogP contribution >= 0.6 is 0 Å². The molecule has 0 bridgehead atoms. The van der Waals surface area contributed by atoms with Crippen LogP contribution in [0.15, 0.2) is 0 Å². The molecule has 0 spiro atoms. The second kappa shape index (κ2) is 5.92. The fourth-order valence-corrected chi connectivity index (χ4v) is 4.60. The lowest BCUT2D eigenvalue weighted by molar-refractivity contribution is 0.0140. The van der Waals surface area contributed by atoms with Crippen LogP contribution in [-0.4, -0.2) is 48.6 Å². The highest BCUT2D eigenvalue weighted by Gasteiger charge is 2.36. The SMILES string of the molecule is C[C@@H]1C[C@H](CN2CCCCC2)[C@H]2CCCCN2C1. The second-order valence-corrected chi connectivity index (χ2v) is 7.02. The summed E-state index contributed by atoms with van der Waals surface area (Å²) in [5, 5.41) is 0. The fourth-order valence-electron chi connectivity index (χ4n) is 4.60. The van der Waals surface area contributed by atoms with Gasteiger partial charge in [0.05, 0.1) is 0 Å². The Morgan fingerprint density at radius 2 is 1.72 bits per heavy atom. The van der Waals surface area contributed by atoms with E-state index in [1.165, 1.54) is 77.7 Å². The first kappa shape index (κ1) is 12.9. The molecule has 0 N–H and O–H groups in total. The van der Waals surface area contributed by atoms with Gasteiger partial charge in [-0.25, -0.2) is 0 Å². The lowest BCUT2D eigenvalue weighted by atomic mass is 9.79. The van der Waals surface area contributed by atoms with E-state index in [0.717, 1.165) is 17.9 Å². The Bertz CT molecular complexity index is 260. The standard InChI is InChI=1S/C16H30N2/c1-14-11-15(13-17-8-4-2-5-9-17)16-7-3-6-10-18(16)12-14/h14-16H,2-13H2,1H3/t14-,15-,16-/m1/s1. The summed E-state index contributed by atoms with van der Waals surface area (Å²) < 4.78 is 0. The highest BCUT2D eigenvalue weighted by molar-refractivity contribution is 4.91. The van der Waals surface area contributed by atoms with Crippen molar-refractivity contribution in [1.82, 2.24) is 9.80 Å². The first-order chi connectivity index (χ1) is 8.83. The summed E-state index contributed by atoms with van der Waals surface area (Å²) in [6, 6.07) is 0.928.